The lowest BCUT2D eigenvalue weighted by molar-refractivity contribution is -0.385. The average molecular weight is 483 g/mol. The molecule has 10 nitrogen and oxygen atoms in total. The molecule has 2 bridgehead atoms. The summed E-state index contributed by atoms with van der Waals surface area (Å²) in [6.07, 6.45) is 1.70. The van der Waals surface area contributed by atoms with Crippen LogP contribution in [0.4, 0.5) is 16.3 Å². The van der Waals surface area contributed by atoms with E-state index in [0.29, 0.717) is 17.7 Å². The smallest absolute Gasteiger partial charge is 0.416 e. The summed E-state index contributed by atoms with van der Waals surface area (Å²) in [5.41, 5.74) is 1.74. The molecule has 1 unspecified atom stereocenters. The Morgan fingerprint density at radius 2 is 1.83 bits per heavy atom. The van der Waals surface area contributed by atoms with Crippen molar-refractivity contribution in [2.75, 3.05) is 24.5 Å². The van der Waals surface area contributed by atoms with Gasteiger partial charge in [0.15, 0.2) is 0 Å². The van der Waals surface area contributed by atoms with E-state index < -0.39 is 16.6 Å². The molecule has 0 spiro atoms. The van der Waals surface area contributed by atoms with Gasteiger partial charge in [0.2, 0.25) is 5.82 Å². The number of anilines is 1. The molecule has 3 aliphatic rings. The van der Waals surface area contributed by atoms with Crippen molar-refractivity contribution in [1.29, 1.82) is 0 Å². The number of rotatable bonds is 5. The molecule has 0 saturated carbocycles. The largest absolute Gasteiger partial charge is 0.443 e. The van der Waals surface area contributed by atoms with E-state index in [-0.39, 0.29) is 23.7 Å². The van der Waals surface area contributed by atoms with E-state index in [0.717, 1.165) is 23.5 Å². The number of aromatic nitrogens is 3. The minimum atomic E-state index is -0.784. The molecule has 2 aromatic heterocycles. The highest BCUT2D eigenvalue weighted by Gasteiger charge is 2.36. The monoisotopic (exact) mass is 482 g/mol. The first-order valence-corrected chi connectivity index (χ1v) is 12.1. The zero-order valence-corrected chi connectivity index (χ0v) is 21.4. The Hall–Kier alpha value is -3.14. The molecule has 3 aliphatic heterocycles. The van der Waals surface area contributed by atoms with Crippen LogP contribution in [-0.4, -0.2) is 56.1 Å². The first kappa shape index (κ1) is 25.0. The molecule has 5 rings (SSSR count). The van der Waals surface area contributed by atoms with Crippen molar-refractivity contribution >= 4 is 17.6 Å². The van der Waals surface area contributed by atoms with Crippen LogP contribution in [0.3, 0.4) is 0 Å². The van der Waals surface area contributed by atoms with Gasteiger partial charge in [-0.05, 0) is 85.0 Å². The molecule has 5 heterocycles. The zero-order valence-electron chi connectivity index (χ0n) is 21.4. The first-order valence-electron chi connectivity index (χ1n) is 12.1. The number of nitrogens with zero attached hydrogens (tertiary/aromatic N) is 6. The van der Waals surface area contributed by atoms with E-state index in [1.54, 1.807) is 34.6 Å². The number of fused-ring (bicyclic) bond motifs is 3. The molecular weight excluding hydrogens is 448 g/mol. The van der Waals surface area contributed by atoms with Crippen molar-refractivity contribution in [3.05, 3.63) is 50.7 Å². The molecular formula is C25H34N6O4. The fraction of sp³-hybridized carbons (Fsp3) is 0.600. The molecule has 10 heteroatoms. The molecule has 3 fully saturated rings. The quantitative estimate of drug-likeness (QED) is 0.453. The maximum Gasteiger partial charge on any atom is 0.416 e. The van der Waals surface area contributed by atoms with Gasteiger partial charge in [0.1, 0.15) is 17.1 Å². The van der Waals surface area contributed by atoms with Gasteiger partial charge in [0.05, 0.1) is 11.5 Å². The van der Waals surface area contributed by atoms with Crippen LogP contribution in [0, 0.1) is 36.8 Å². The highest BCUT2D eigenvalue weighted by atomic mass is 16.6. The van der Waals surface area contributed by atoms with Crippen LogP contribution >= 0.6 is 0 Å². The van der Waals surface area contributed by atoms with Gasteiger partial charge in [-0.2, -0.15) is 0 Å². The van der Waals surface area contributed by atoms with Gasteiger partial charge < -0.3 is 9.64 Å². The Bertz CT molecular complexity index is 1140. The zero-order chi connectivity index (χ0) is 25.5. The number of hydrogen-bond donors (Lipinski definition) is 0. The van der Waals surface area contributed by atoms with E-state index in [1.807, 2.05) is 19.1 Å². The molecule has 188 valence electrons. The summed E-state index contributed by atoms with van der Waals surface area (Å²) in [4.78, 5) is 41.7. The number of carbonyl (C=O) groups is 1. The number of piperidine rings is 3. The summed E-state index contributed by atoms with van der Waals surface area (Å²) >= 11 is 0. The standard InChI is InChI=1S/C25H34N6O4/c1-15-19(7-8-21(27-15)20-14-29-11-9-18(20)10-12-29)13-30(24(32)35-25(4,5)6)23-22(31(33)34)16(2)26-17(3)28-23/h7-8,18,20H,9-14H2,1-6H3. The van der Waals surface area contributed by atoms with Crippen molar-refractivity contribution in [3.63, 3.8) is 0 Å². The fourth-order valence-electron chi connectivity index (χ4n) is 5.09. The summed E-state index contributed by atoms with van der Waals surface area (Å²) in [6.45, 7) is 13.8. The van der Waals surface area contributed by atoms with E-state index >= 15 is 0 Å². The Balaban J connectivity index is 1.69. The number of pyridine rings is 1. The molecule has 0 aliphatic carbocycles. The second-order valence-corrected chi connectivity index (χ2v) is 10.6. The molecule has 0 radical (unpaired) electrons. The molecule has 2 aromatic rings. The number of nitro groups is 1. The third kappa shape index (κ3) is 5.42. The lowest BCUT2D eigenvalue weighted by Crippen LogP contribution is -2.46. The van der Waals surface area contributed by atoms with Crippen LogP contribution in [-0.2, 0) is 11.3 Å². The van der Waals surface area contributed by atoms with Crippen molar-refractivity contribution in [1.82, 2.24) is 19.9 Å². The van der Waals surface area contributed by atoms with Gasteiger partial charge in [0, 0.05) is 23.9 Å². The Kier molecular flexibility index (Phi) is 6.77. The number of amides is 1. The molecule has 0 N–H and O–H groups in total. The predicted molar refractivity (Wildman–Crippen MR) is 131 cm³/mol. The molecule has 0 aromatic carbocycles. The summed E-state index contributed by atoms with van der Waals surface area (Å²) < 4.78 is 5.61. The van der Waals surface area contributed by atoms with Crippen molar-refractivity contribution < 1.29 is 14.5 Å². The van der Waals surface area contributed by atoms with Crippen molar-refractivity contribution in [2.24, 2.45) is 5.92 Å². The second-order valence-electron chi connectivity index (χ2n) is 10.6. The van der Waals surface area contributed by atoms with Crippen molar-refractivity contribution in [3.8, 4) is 0 Å². The van der Waals surface area contributed by atoms with Gasteiger partial charge in [-0.25, -0.2) is 14.8 Å². The Morgan fingerprint density at radius 1 is 1.14 bits per heavy atom. The van der Waals surface area contributed by atoms with Crippen LogP contribution in [0.15, 0.2) is 12.1 Å². The topological polar surface area (TPSA) is 115 Å². The number of aryl methyl sites for hydroxylation is 3. The highest BCUT2D eigenvalue weighted by Crippen LogP contribution is 2.38. The number of hydrogen-bond acceptors (Lipinski definition) is 8. The number of carbonyl (C=O) groups excluding carboxylic acids is 1. The normalized spacial score (nSPS) is 21.6. The summed E-state index contributed by atoms with van der Waals surface area (Å²) in [5, 5.41) is 11.9. The molecule has 35 heavy (non-hydrogen) atoms. The summed E-state index contributed by atoms with van der Waals surface area (Å²) in [6, 6.07) is 4.01. The minimum Gasteiger partial charge on any atom is -0.443 e. The minimum absolute atomic E-state index is 0.0466. The van der Waals surface area contributed by atoms with E-state index in [4.69, 9.17) is 9.72 Å². The fourth-order valence-corrected chi connectivity index (χ4v) is 5.09. The van der Waals surface area contributed by atoms with Crippen LogP contribution in [0.25, 0.3) is 0 Å². The van der Waals surface area contributed by atoms with Crippen LogP contribution < -0.4 is 4.90 Å². The second kappa shape index (κ2) is 9.49. The van der Waals surface area contributed by atoms with Gasteiger partial charge in [0.25, 0.3) is 0 Å². The van der Waals surface area contributed by atoms with Crippen LogP contribution in [0.1, 0.15) is 68.0 Å². The molecule has 1 amide bonds. The highest BCUT2D eigenvalue weighted by molar-refractivity contribution is 5.89. The van der Waals surface area contributed by atoms with Gasteiger partial charge >= 0.3 is 11.8 Å². The third-order valence-corrected chi connectivity index (χ3v) is 6.79. The number of ether oxygens (including phenoxy) is 1. The van der Waals surface area contributed by atoms with Gasteiger partial charge in [-0.1, -0.05) is 6.07 Å². The van der Waals surface area contributed by atoms with E-state index in [2.05, 4.69) is 14.9 Å². The maximum absolute atomic E-state index is 13.3. The SMILES string of the molecule is Cc1nc(C)c([N+](=O)[O-])c(N(Cc2ccc(C3CN4CCC3CC4)nc2C)C(=O)OC(C)(C)C)n1. The average Bonchev–Trinajstić information content (AvgIpc) is 2.76. The molecule has 1 atom stereocenters. The Morgan fingerprint density at radius 3 is 2.37 bits per heavy atom. The maximum atomic E-state index is 13.3. The van der Waals surface area contributed by atoms with E-state index in [9.17, 15) is 14.9 Å². The van der Waals surface area contributed by atoms with Crippen LogP contribution in [0.5, 0.6) is 0 Å². The lowest BCUT2D eigenvalue weighted by atomic mass is 9.77. The predicted octanol–water partition coefficient (Wildman–Crippen LogP) is 4.46. The summed E-state index contributed by atoms with van der Waals surface area (Å²) in [7, 11) is 0. The first-order chi connectivity index (χ1) is 16.4. The van der Waals surface area contributed by atoms with E-state index in [1.165, 1.54) is 30.8 Å². The summed E-state index contributed by atoms with van der Waals surface area (Å²) in [5.74, 6) is 1.34. The molecule has 3 saturated heterocycles. The Labute approximate surface area is 205 Å². The van der Waals surface area contributed by atoms with Gasteiger partial charge in [-0.15, -0.1) is 0 Å². The van der Waals surface area contributed by atoms with Crippen LogP contribution in [0.2, 0.25) is 0 Å². The third-order valence-electron chi connectivity index (χ3n) is 6.79. The van der Waals surface area contributed by atoms with Crippen molar-refractivity contribution in [2.45, 2.75) is 72.4 Å². The lowest BCUT2D eigenvalue weighted by Gasteiger charge is -2.44. The van der Waals surface area contributed by atoms with Gasteiger partial charge in [-0.3, -0.25) is 20.0 Å².